The van der Waals surface area contributed by atoms with Gasteiger partial charge >= 0.3 is 28.5 Å². The monoisotopic (exact) mass is 692 g/mol. The van der Waals surface area contributed by atoms with Crippen molar-refractivity contribution in [3.63, 3.8) is 0 Å². The molecule has 5 aromatic carbocycles. The molecule has 46 heavy (non-hydrogen) atoms. The molecule has 0 amide bonds. The molecule has 5 unspecified atom stereocenters. The second-order valence-electron chi connectivity index (χ2n) is 10.8. The molecule has 2 heterocycles. The molecule has 12 heteroatoms. The van der Waals surface area contributed by atoms with E-state index in [1.807, 2.05) is 159 Å². The smallest absolute Gasteiger partial charge is 0.446 e. The predicted octanol–water partition coefficient (Wildman–Crippen LogP) is 9.70. The van der Waals surface area contributed by atoms with Crippen molar-refractivity contribution >= 4 is 33.9 Å². The lowest BCUT2D eigenvalue weighted by Gasteiger charge is -2.31. The molecule has 0 aliphatic carbocycles. The third-order valence-corrected chi connectivity index (χ3v) is 17.6. The normalized spacial score (nSPS) is 26.3. The van der Waals surface area contributed by atoms with Crippen LogP contribution in [0.5, 0.6) is 28.7 Å². The fraction of sp³-hybridized carbons (Fsp3) is 0.118. The van der Waals surface area contributed by atoms with Crippen LogP contribution in [-0.4, -0.2) is 17.4 Å². The average molecular weight is 693 g/mol. The van der Waals surface area contributed by atoms with E-state index in [0.717, 1.165) is 11.5 Å². The van der Waals surface area contributed by atoms with Crippen LogP contribution in [0, 0.1) is 0 Å². The van der Waals surface area contributed by atoms with Crippen molar-refractivity contribution in [2.24, 2.45) is 0 Å². The van der Waals surface area contributed by atoms with Gasteiger partial charge in [-0.25, -0.2) is 0 Å². The summed E-state index contributed by atoms with van der Waals surface area (Å²) < 4.78 is 34.1. The fourth-order valence-corrected chi connectivity index (χ4v) is 17.3. The van der Waals surface area contributed by atoms with E-state index < -0.39 is 34.3 Å². The van der Waals surface area contributed by atoms with Gasteiger partial charge in [-0.15, -0.1) is 5.09 Å². The maximum atomic E-state index is 7.64. The Morgan fingerprint density at radius 1 is 0.500 bits per heavy atom. The molecule has 2 aliphatic heterocycles. The predicted molar refractivity (Wildman–Crippen MR) is 188 cm³/mol. The maximum absolute atomic E-state index is 7.64. The van der Waals surface area contributed by atoms with Crippen molar-refractivity contribution in [3.05, 3.63) is 152 Å². The van der Waals surface area contributed by atoms with Gasteiger partial charge < -0.3 is 9.26 Å². The SMILES string of the molecule is CC1N[P+]2(Oc3ccccc3)C(N[P+](Cl)(Oc3ccccc3)N[P+]1(Oc1ccccc1)Oc1ccccc1)C2Oc1ccccc1. The minimum absolute atomic E-state index is 0.326. The number of para-hydroxylation sites is 5. The first kappa shape index (κ1) is 31.2. The summed E-state index contributed by atoms with van der Waals surface area (Å²) in [5.41, 5.74) is 0. The first-order valence-electron chi connectivity index (χ1n) is 14.9. The largest absolute Gasteiger partial charge is 0.492 e. The minimum atomic E-state index is -3.29. The summed E-state index contributed by atoms with van der Waals surface area (Å²) in [6.45, 7) is 2.03. The molecule has 7 rings (SSSR count). The summed E-state index contributed by atoms with van der Waals surface area (Å²) in [4.78, 5) is 3.62. The van der Waals surface area contributed by atoms with Crippen molar-refractivity contribution in [3.8, 4) is 28.7 Å². The third-order valence-electron chi connectivity index (χ3n) is 7.38. The maximum Gasteiger partial charge on any atom is 0.492 e. The molecule has 0 aromatic heterocycles. The van der Waals surface area contributed by atoms with Crippen LogP contribution in [0.1, 0.15) is 6.92 Å². The van der Waals surface area contributed by atoms with E-state index in [-0.39, 0.29) is 5.78 Å². The topological polar surface area (TPSA) is 82.2 Å². The number of rotatable bonds is 10. The lowest BCUT2D eigenvalue weighted by Crippen LogP contribution is -2.44. The molecule has 5 atom stereocenters. The summed E-state index contributed by atoms with van der Waals surface area (Å²) in [5.74, 6) is 2.11. The number of ether oxygens (including phenoxy) is 1. The molecule has 0 bridgehead atoms. The quantitative estimate of drug-likeness (QED) is 0.125. The van der Waals surface area contributed by atoms with Gasteiger partial charge in [-0.05, 0) is 67.6 Å². The van der Waals surface area contributed by atoms with Crippen molar-refractivity contribution < 1.29 is 22.8 Å². The Kier molecular flexibility index (Phi) is 9.05. The van der Waals surface area contributed by atoms with Gasteiger partial charge in [0.15, 0.2) is 34.2 Å². The van der Waals surface area contributed by atoms with Crippen molar-refractivity contribution in [2.75, 3.05) is 0 Å². The van der Waals surface area contributed by atoms with Gasteiger partial charge in [-0.2, -0.15) is 0 Å². The van der Waals surface area contributed by atoms with Gasteiger partial charge in [0.2, 0.25) is 5.78 Å². The number of benzene rings is 5. The van der Waals surface area contributed by atoms with Crippen LogP contribution in [0.4, 0.5) is 0 Å². The summed E-state index contributed by atoms with van der Waals surface area (Å²) in [6.07, 6.45) is 0. The van der Waals surface area contributed by atoms with Gasteiger partial charge in [-0.1, -0.05) is 96.1 Å². The third kappa shape index (κ3) is 6.81. The number of fused-ring (bicyclic) bond motifs is 1. The van der Waals surface area contributed by atoms with Crippen LogP contribution in [0.25, 0.3) is 0 Å². The number of nitrogens with one attached hydrogen (secondary N) is 3. The standard InChI is InChI=1S/C34H34ClN3O5P3/c1-27-36-44(40-29-19-9-3-10-20-29)33(34(44)39-28-17-7-2-8-18-28)37-46(35,43-32-25-15-6-16-26-32)38-45(27,41-30-21-11-4-12-22-30)42-31-23-13-5-14-24-31/h2-27,33-34,36-38H,1H3/q+3. The van der Waals surface area contributed by atoms with Crippen molar-refractivity contribution in [1.82, 2.24) is 15.0 Å². The summed E-state index contributed by atoms with van der Waals surface area (Å²) in [7, 11) is -9.24. The van der Waals surface area contributed by atoms with Gasteiger partial charge in [0.1, 0.15) is 5.75 Å². The second-order valence-corrected chi connectivity index (χ2v) is 19.7. The summed E-state index contributed by atoms with van der Waals surface area (Å²) in [5, 5.41) is 7.51. The van der Waals surface area contributed by atoms with Crippen LogP contribution in [0.15, 0.2) is 152 Å². The number of halogens is 1. The van der Waals surface area contributed by atoms with E-state index >= 15 is 0 Å². The lowest BCUT2D eigenvalue weighted by atomic mass is 10.3. The molecular weight excluding hydrogens is 659 g/mol. The van der Waals surface area contributed by atoms with E-state index in [1.165, 1.54) is 0 Å². The zero-order valence-electron chi connectivity index (χ0n) is 24.9. The molecule has 0 spiro atoms. The molecular formula is C34H34ClN3O5P3+3. The Morgan fingerprint density at radius 2 is 0.891 bits per heavy atom. The van der Waals surface area contributed by atoms with E-state index in [1.54, 1.807) is 0 Å². The Bertz CT molecular complexity index is 1680. The second kappa shape index (κ2) is 13.4. The van der Waals surface area contributed by atoms with Gasteiger partial charge in [0.25, 0.3) is 5.78 Å². The Balaban J connectivity index is 1.35. The molecule has 3 N–H and O–H groups in total. The molecule has 0 radical (unpaired) electrons. The van der Waals surface area contributed by atoms with E-state index in [2.05, 4.69) is 15.0 Å². The first-order valence-corrected chi connectivity index (χ1v) is 21.0. The highest BCUT2D eigenvalue weighted by Gasteiger charge is 2.90. The van der Waals surface area contributed by atoms with Crippen LogP contribution in [0.2, 0.25) is 0 Å². The summed E-state index contributed by atoms with van der Waals surface area (Å²) >= 11 is 7.64. The molecule has 8 nitrogen and oxygen atoms in total. The highest BCUT2D eigenvalue weighted by molar-refractivity contribution is 7.99. The number of hydrogen-bond acceptors (Lipinski definition) is 8. The van der Waals surface area contributed by atoms with Gasteiger partial charge in [-0.3, -0.25) is 13.6 Å². The van der Waals surface area contributed by atoms with Gasteiger partial charge in [0.05, 0.1) is 4.86 Å². The van der Waals surface area contributed by atoms with Crippen LogP contribution < -0.4 is 37.9 Å². The Morgan fingerprint density at radius 3 is 1.35 bits per heavy atom. The molecule has 2 fully saturated rings. The average Bonchev–Trinajstić information content (AvgIpc) is 3.62. The minimum Gasteiger partial charge on any atom is -0.446 e. The molecule has 0 saturated carbocycles. The van der Waals surface area contributed by atoms with E-state index in [9.17, 15) is 0 Å². The highest BCUT2D eigenvalue weighted by atomic mass is 35.7. The number of hydrogen-bond donors (Lipinski definition) is 3. The van der Waals surface area contributed by atoms with Crippen molar-refractivity contribution in [2.45, 2.75) is 24.3 Å². The zero-order chi connectivity index (χ0) is 31.5. The molecule has 2 aliphatic rings. The summed E-state index contributed by atoms with van der Waals surface area (Å²) in [6, 6.07) is 48.1. The van der Waals surface area contributed by atoms with Crippen LogP contribution >= 0.6 is 33.9 Å². The van der Waals surface area contributed by atoms with Gasteiger partial charge in [0, 0.05) is 0 Å². The van der Waals surface area contributed by atoms with E-state index in [4.69, 9.17) is 34.1 Å². The molecule has 5 aromatic rings. The van der Waals surface area contributed by atoms with Crippen LogP contribution in [-0.2, 0) is 0 Å². The first-order chi connectivity index (χ1) is 22.5. The van der Waals surface area contributed by atoms with E-state index in [0.29, 0.717) is 17.2 Å². The highest BCUT2D eigenvalue weighted by Crippen LogP contribution is 2.86. The fourth-order valence-electron chi connectivity index (χ4n) is 5.17. The lowest BCUT2D eigenvalue weighted by molar-refractivity contribution is 0.306. The Hall–Kier alpha value is -3.44. The molecule has 2 saturated heterocycles. The van der Waals surface area contributed by atoms with Crippen molar-refractivity contribution in [1.29, 1.82) is 0 Å². The Labute approximate surface area is 275 Å². The molecule has 234 valence electrons. The van der Waals surface area contributed by atoms with Crippen LogP contribution in [0.3, 0.4) is 0 Å². The zero-order valence-corrected chi connectivity index (χ0v) is 28.4.